The van der Waals surface area contributed by atoms with Gasteiger partial charge in [0.2, 0.25) is 0 Å². The Bertz CT molecular complexity index is 1640. The van der Waals surface area contributed by atoms with Gasteiger partial charge in [-0.25, -0.2) is 0 Å². The second-order valence-electron chi connectivity index (χ2n) is 7.56. The van der Waals surface area contributed by atoms with E-state index in [4.69, 9.17) is 0 Å². The fraction of sp³-hybridized carbons (Fsp3) is 0. The predicted molar refractivity (Wildman–Crippen MR) is 130 cm³/mol. The van der Waals surface area contributed by atoms with E-state index in [0.717, 1.165) is 16.6 Å². The SMILES string of the molecule is N#Cc1ccnc(-c2cc3sc4cc(-c5ccccc5)ccc4c3c3ccccc23)c1. The van der Waals surface area contributed by atoms with Crippen LogP contribution in [0.2, 0.25) is 0 Å². The van der Waals surface area contributed by atoms with Crippen molar-refractivity contribution in [3.8, 4) is 28.5 Å². The topological polar surface area (TPSA) is 36.7 Å². The number of benzene rings is 4. The maximum atomic E-state index is 9.33. The second kappa shape index (κ2) is 7.05. The summed E-state index contributed by atoms with van der Waals surface area (Å²) in [6.07, 6.45) is 1.71. The number of fused-ring (bicyclic) bond motifs is 5. The molecule has 144 valence electrons. The number of nitrogens with zero attached hydrogens (tertiary/aromatic N) is 2. The third-order valence-electron chi connectivity index (χ3n) is 5.75. The van der Waals surface area contributed by atoms with E-state index >= 15 is 0 Å². The van der Waals surface area contributed by atoms with E-state index in [1.807, 2.05) is 23.5 Å². The first-order chi connectivity index (χ1) is 15.3. The molecule has 0 N–H and O–H groups in total. The van der Waals surface area contributed by atoms with Crippen LogP contribution in [0.15, 0.2) is 97.2 Å². The summed E-state index contributed by atoms with van der Waals surface area (Å²) in [5.41, 5.74) is 4.98. The van der Waals surface area contributed by atoms with Gasteiger partial charge in [-0.05, 0) is 46.2 Å². The van der Waals surface area contributed by atoms with Crippen LogP contribution in [0.4, 0.5) is 0 Å². The molecule has 0 unspecified atom stereocenters. The molecule has 6 aromatic rings. The van der Waals surface area contributed by atoms with Gasteiger partial charge in [-0.15, -0.1) is 11.3 Å². The molecule has 2 heterocycles. The van der Waals surface area contributed by atoms with Crippen molar-refractivity contribution >= 4 is 42.3 Å². The maximum absolute atomic E-state index is 9.33. The molecule has 0 aliphatic rings. The zero-order valence-electron chi connectivity index (χ0n) is 16.5. The molecule has 2 aromatic heterocycles. The fourth-order valence-electron chi connectivity index (χ4n) is 4.31. The molecule has 4 aromatic carbocycles. The highest BCUT2D eigenvalue weighted by atomic mass is 32.1. The first-order valence-electron chi connectivity index (χ1n) is 10.1. The van der Waals surface area contributed by atoms with Crippen LogP contribution in [0.25, 0.3) is 53.3 Å². The largest absolute Gasteiger partial charge is 0.256 e. The Morgan fingerprint density at radius 1 is 0.677 bits per heavy atom. The summed E-state index contributed by atoms with van der Waals surface area (Å²) in [5, 5.41) is 14.3. The van der Waals surface area contributed by atoms with Crippen LogP contribution in [0, 0.1) is 11.3 Å². The lowest BCUT2D eigenvalue weighted by Gasteiger charge is -2.09. The van der Waals surface area contributed by atoms with Crippen LogP contribution in [-0.4, -0.2) is 4.98 Å². The second-order valence-corrected chi connectivity index (χ2v) is 8.65. The first-order valence-corrected chi connectivity index (χ1v) is 10.9. The van der Waals surface area contributed by atoms with Gasteiger partial charge >= 0.3 is 0 Å². The van der Waals surface area contributed by atoms with Crippen molar-refractivity contribution in [3.63, 3.8) is 0 Å². The summed E-state index contributed by atoms with van der Waals surface area (Å²) in [6, 6.07) is 33.8. The van der Waals surface area contributed by atoms with Gasteiger partial charge in [0.1, 0.15) is 0 Å². The Morgan fingerprint density at radius 2 is 1.48 bits per heavy atom. The van der Waals surface area contributed by atoms with Gasteiger partial charge in [0.25, 0.3) is 0 Å². The average molecular weight is 413 g/mol. The summed E-state index contributed by atoms with van der Waals surface area (Å²) in [5.74, 6) is 0. The van der Waals surface area contributed by atoms with Crippen LogP contribution >= 0.6 is 11.3 Å². The van der Waals surface area contributed by atoms with E-state index in [-0.39, 0.29) is 0 Å². The smallest absolute Gasteiger partial charge is 0.0992 e. The molecular weight excluding hydrogens is 396 g/mol. The van der Waals surface area contributed by atoms with Gasteiger partial charge in [0, 0.05) is 31.9 Å². The van der Waals surface area contributed by atoms with Crippen LogP contribution in [0.3, 0.4) is 0 Å². The number of rotatable bonds is 2. The third kappa shape index (κ3) is 2.89. The molecular formula is C28H16N2S. The van der Waals surface area contributed by atoms with Crippen LogP contribution in [0.1, 0.15) is 5.56 Å². The van der Waals surface area contributed by atoms with Crippen molar-refractivity contribution in [2.75, 3.05) is 0 Å². The Kier molecular flexibility index (Phi) is 4.06. The zero-order chi connectivity index (χ0) is 20.8. The fourth-order valence-corrected chi connectivity index (χ4v) is 5.51. The summed E-state index contributed by atoms with van der Waals surface area (Å²) >= 11 is 1.81. The Labute approximate surface area is 183 Å². The minimum Gasteiger partial charge on any atom is -0.256 e. The van der Waals surface area contributed by atoms with E-state index in [1.54, 1.807) is 12.3 Å². The monoisotopic (exact) mass is 412 g/mol. The molecule has 0 saturated carbocycles. The number of aromatic nitrogens is 1. The van der Waals surface area contributed by atoms with E-state index < -0.39 is 0 Å². The molecule has 0 aliphatic carbocycles. The van der Waals surface area contributed by atoms with Gasteiger partial charge in [-0.2, -0.15) is 5.26 Å². The van der Waals surface area contributed by atoms with Crippen LogP contribution < -0.4 is 0 Å². The minimum atomic E-state index is 0.623. The molecule has 0 fully saturated rings. The lowest BCUT2D eigenvalue weighted by atomic mass is 9.96. The highest BCUT2D eigenvalue weighted by molar-refractivity contribution is 7.26. The van der Waals surface area contributed by atoms with E-state index in [2.05, 4.69) is 83.8 Å². The van der Waals surface area contributed by atoms with Crippen LogP contribution in [-0.2, 0) is 0 Å². The van der Waals surface area contributed by atoms with Crippen molar-refractivity contribution in [1.82, 2.24) is 4.98 Å². The molecule has 6 rings (SSSR count). The Morgan fingerprint density at radius 3 is 2.32 bits per heavy atom. The molecule has 0 bridgehead atoms. The predicted octanol–water partition coefficient (Wildman–Crippen LogP) is 7.81. The van der Waals surface area contributed by atoms with Crippen molar-refractivity contribution in [2.45, 2.75) is 0 Å². The molecule has 3 heteroatoms. The molecule has 2 nitrogen and oxygen atoms in total. The third-order valence-corrected chi connectivity index (χ3v) is 6.85. The van der Waals surface area contributed by atoms with Crippen molar-refractivity contribution in [2.24, 2.45) is 0 Å². The van der Waals surface area contributed by atoms with Crippen LogP contribution in [0.5, 0.6) is 0 Å². The molecule has 0 atom stereocenters. The van der Waals surface area contributed by atoms with Crippen molar-refractivity contribution in [1.29, 1.82) is 5.26 Å². The lowest BCUT2D eigenvalue weighted by molar-refractivity contribution is 1.32. The Hall–Kier alpha value is -4.00. The average Bonchev–Trinajstić information content (AvgIpc) is 3.22. The molecule has 31 heavy (non-hydrogen) atoms. The number of thiophene rings is 1. The number of hydrogen-bond donors (Lipinski definition) is 0. The zero-order valence-corrected chi connectivity index (χ0v) is 17.4. The lowest BCUT2D eigenvalue weighted by Crippen LogP contribution is -1.87. The molecule has 0 radical (unpaired) electrons. The standard InChI is InChI=1S/C28H16N2S/c29-17-18-12-13-30-25(14-18)24-16-27-28(22-9-5-4-8-21(22)24)23-11-10-20(15-26(23)31-27)19-6-2-1-3-7-19/h1-16H. The van der Waals surface area contributed by atoms with Gasteiger partial charge < -0.3 is 0 Å². The molecule has 0 spiro atoms. The minimum absolute atomic E-state index is 0.623. The van der Waals surface area contributed by atoms with E-state index in [9.17, 15) is 5.26 Å². The number of pyridine rings is 1. The van der Waals surface area contributed by atoms with Crippen molar-refractivity contribution < 1.29 is 0 Å². The maximum Gasteiger partial charge on any atom is 0.0992 e. The van der Waals surface area contributed by atoms with Gasteiger partial charge in [-0.3, -0.25) is 4.98 Å². The van der Waals surface area contributed by atoms with Gasteiger partial charge in [-0.1, -0.05) is 66.7 Å². The normalized spacial score (nSPS) is 11.2. The molecule has 0 aliphatic heterocycles. The highest BCUT2D eigenvalue weighted by Crippen LogP contribution is 2.43. The quantitative estimate of drug-likeness (QED) is 0.291. The number of hydrogen-bond acceptors (Lipinski definition) is 3. The first kappa shape index (κ1) is 17.8. The van der Waals surface area contributed by atoms with E-state index in [1.165, 1.54) is 36.7 Å². The molecule has 0 saturated heterocycles. The summed E-state index contributed by atoms with van der Waals surface area (Å²) in [4.78, 5) is 4.58. The Balaban J connectivity index is 1.66. The summed E-state index contributed by atoms with van der Waals surface area (Å²) < 4.78 is 2.51. The highest BCUT2D eigenvalue weighted by Gasteiger charge is 2.15. The van der Waals surface area contributed by atoms with E-state index in [0.29, 0.717) is 5.56 Å². The summed E-state index contributed by atoms with van der Waals surface area (Å²) in [7, 11) is 0. The summed E-state index contributed by atoms with van der Waals surface area (Å²) in [6.45, 7) is 0. The van der Waals surface area contributed by atoms with Crippen molar-refractivity contribution in [3.05, 3.63) is 103 Å². The van der Waals surface area contributed by atoms with Gasteiger partial charge in [0.15, 0.2) is 0 Å². The van der Waals surface area contributed by atoms with Gasteiger partial charge in [0.05, 0.1) is 17.3 Å². The number of nitriles is 1. The molecule has 0 amide bonds.